The summed E-state index contributed by atoms with van der Waals surface area (Å²) in [6.45, 7) is 8.19. The van der Waals surface area contributed by atoms with E-state index in [1.54, 1.807) is 4.88 Å². The van der Waals surface area contributed by atoms with E-state index in [4.69, 9.17) is 0 Å². The van der Waals surface area contributed by atoms with Gasteiger partial charge in [0.1, 0.15) is 0 Å². The molecule has 1 aromatic heterocycles. The normalized spacial score (nSPS) is 30.1. The summed E-state index contributed by atoms with van der Waals surface area (Å²) in [5, 5.41) is 5.94. The zero-order chi connectivity index (χ0) is 11.6. The number of nitrogens with one attached hydrogen (secondary N) is 1. The first-order chi connectivity index (χ1) is 7.69. The van der Waals surface area contributed by atoms with Crippen molar-refractivity contribution in [1.82, 2.24) is 5.32 Å². The van der Waals surface area contributed by atoms with E-state index in [2.05, 4.69) is 43.6 Å². The first-order valence-corrected chi connectivity index (χ1v) is 7.34. The smallest absolute Gasteiger partial charge is 0.0210 e. The monoisotopic (exact) mass is 237 g/mol. The van der Waals surface area contributed by atoms with Crippen LogP contribution in [0.5, 0.6) is 0 Å². The van der Waals surface area contributed by atoms with Gasteiger partial charge in [-0.05, 0) is 43.2 Å². The Labute approximate surface area is 103 Å². The summed E-state index contributed by atoms with van der Waals surface area (Å²) < 4.78 is 0. The number of thiophene rings is 1. The minimum Gasteiger partial charge on any atom is -0.313 e. The highest BCUT2D eigenvalue weighted by molar-refractivity contribution is 7.10. The largest absolute Gasteiger partial charge is 0.313 e. The van der Waals surface area contributed by atoms with Gasteiger partial charge in [0.25, 0.3) is 0 Å². The summed E-state index contributed by atoms with van der Waals surface area (Å²) in [6, 6.07) is 5.20. The van der Waals surface area contributed by atoms with Crippen LogP contribution >= 0.6 is 11.3 Å². The molecule has 1 N–H and O–H groups in total. The minimum absolute atomic E-state index is 0.415. The SMILES string of the molecule is CCC1(c2cccs2)CCNC1CC(C)C. The van der Waals surface area contributed by atoms with Crippen molar-refractivity contribution in [3.05, 3.63) is 22.4 Å². The fourth-order valence-electron chi connectivity index (χ4n) is 3.07. The lowest BCUT2D eigenvalue weighted by atomic mass is 9.74. The standard InChI is InChI=1S/C14H23NS/c1-4-14(13-6-5-9-16-13)7-8-15-12(14)10-11(2)3/h5-6,9,11-12,15H,4,7-8,10H2,1-3H3. The molecule has 0 saturated carbocycles. The van der Waals surface area contributed by atoms with Gasteiger partial charge in [0, 0.05) is 16.3 Å². The molecule has 1 aliphatic heterocycles. The fraction of sp³-hybridized carbons (Fsp3) is 0.714. The topological polar surface area (TPSA) is 12.0 Å². The molecule has 0 bridgehead atoms. The van der Waals surface area contributed by atoms with Gasteiger partial charge < -0.3 is 5.32 Å². The molecule has 0 aliphatic carbocycles. The molecule has 2 unspecified atom stereocenters. The molecule has 2 atom stereocenters. The number of rotatable bonds is 4. The molecule has 2 heterocycles. The highest BCUT2D eigenvalue weighted by Gasteiger charge is 2.43. The van der Waals surface area contributed by atoms with Crippen molar-refractivity contribution in [3.63, 3.8) is 0 Å². The second-order valence-electron chi connectivity index (χ2n) is 5.37. The molecule has 1 aromatic rings. The Hall–Kier alpha value is -0.340. The maximum absolute atomic E-state index is 3.72. The number of hydrogen-bond acceptors (Lipinski definition) is 2. The van der Waals surface area contributed by atoms with Gasteiger partial charge >= 0.3 is 0 Å². The first kappa shape index (κ1) is 12.1. The third-order valence-electron chi connectivity index (χ3n) is 3.98. The van der Waals surface area contributed by atoms with Crippen LogP contribution in [-0.4, -0.2) is 12.6 Å². The predicted octanol–water partition coefficient (Wildman–Crippen LogP) is 3.80. The molecule has 0 aromatic carbocycles. The zero-order valence-corrected chi connectivity index (χ0v) is 11.4. The maximum Gasteiger partial charge on any atom is 0.0210 e. The number of hydrogen-bond donors (Lipinski definition) is 1. The quantitative estimate of drug-likeness (QED) is 0.840. The van der Waals surface area contributed by atoms with Gasteiger partial charge in [-0.15, -0.1) is 11.3 Å². The maximum atomic E-state index is 3.72. The lowest BCUT2D eigenvalue weighted by Crippen LogP contribution is -2.40. The fourth-order valence-corrected chi connectivity index (χ4v) is 4.16. The van der Waals surface area contributed by atoms with Crippen molar-refractivity contribution in [3.8, 4) is 0 Å². The summed E-state index contributed by atoms with van der Waals surface area (Å²) in [4.78, 5) is 1.59. The van der Waals surface area contributed by atoms with Crippen molar-refractivity contribution >= 4 is 11.3 Å². The third-order valence-corrected chi connectivity index (χ3v) is 5.07. The summed E-state index contributed by atoms with van der Waals surface area (Å²) in [6.07, 6.45) is 3.87. The van der Waals surface area contributed by atoms with Crippen LogP contribution in [0.4, 0.5) is 0 Å². The Kier molecular flexibility index (Phi) is 3.70. The summed E-state index contributed by atoms with van der Waals surface area (Å²) in [7, 11) is 0. The van der Waals surface area contributed by atoms with Gasteiger partial charge in [-0.25, -0.2) is 0 Å². The van der Waals surface area contributed by atoms with Crippen LogP contribution in [-0.2, 0) is 5.41 Å². The Balaban J connectivity index is 2.25. The lowest BCUT2D eigenvalue weighted by Gasteiger charge is -2.34. The Morgan fingerprint density at radius 2 is 2.38 bits per heavy atom. The molecule has 2 heteroatoms. The van der Waals surface area contributed by atoms with Crippen LogP contribution in [0.15, 0.2) is 17.5 Å². The molecule has 16 heavy (non-hydrogen) atoms. The second-order valence-corrected chi connectivity index (χ2v) is 6.32. The molecular formula is C14H23NS. The van der Waals surface area contributed by atoms with Crippen molar-refractivity contribution in [2.24, 2.45) is 5.92 Å². The van der Waals surface area contributed by atoms with Crippen LogP contribution < -0.4 is 5.32 Å². The average Bonchev–Trinajstić information content (AvgIpc) is 2.85. The van der Waals surface area contributed by atoms with Gasteiger partial charge in [-0.1, -0.05) is 26.8 Å². The molecule has 0 amide bonds. The van der Waals surface area contributed by atoms with Gasteiger partial charge in [-0.2, -0.15) is 0 Å². The molecule has 1 aliphatic rings. The van der Waals surface area contributed by atoms with Gasteiger partial charge in [0.15, 0.2) is 0 Å². The highest BCUT2D eigenvalue weighted by atomic mass is 32.1. The Morgan fingerprint density at radius 1 is 1.56 bits per heavy atom. The lowest BCUT2D eigenvalue weighted by molar-refractivity contribution is 0.316. The van der Waals surface area contributed by atoms with E-state index in [1.807, 2.05) is 11.3 Å². The molecular weight excluding hydrogens is 214 g/mol. The molecule has 0 radical (unpaired) electrons. The average molecular weight is 237 g/mol. The van der Waals surface area contributed by atoms with Crippen molar-refractivity contribution < 1.29 is 0 Å². The van der Waals surface area contributed by atoms with E-state index in [0.29, 0.717) is 11.5 Å². The molecule has 90 valence electrons. The van der Waals surface area contributed by atoms with Crippen LogP contribution in [0.25, 0.3) is 0 Å². The molecule has 1 saturated heterocycles. The minimum atomic E-state index is 0.415. The molecule has 2 rings (SSSR count). The third kappa shape index (κ3) is 2.05. The summed E-state index contributed by atoms with van der Waals surface area (Å²) >= 11 is 1.93. The van der Waals surface area contributed by atoms with Gasteiger partial charge in [0.05, 0.1) is 0 Å². The van der Waals surface area contributed by atoms with Crippen LogP contribution in [0.2, 0.25) is 0 Å². The van der Waals surface area contributed by atoms with Crippen molar-refractivity contribution in [2.75, 3.05) is 6.54 Å². The van der Waals surface area contributed by atoms with E-state index in [0.717, 1.165) is 5.92 Å². The zero-order valence-electron chi connectivity index (χ0n) is 10.6. The van der Waals surface area contributed by atoms with E-state index >= 15 is 0 Å². The molecule has 1 nitrogen and oxygen atoms in total. The van der Waals surface area contributed by atoms with Crippen LogP contribution in [0.1, 0.15) is 44.9 Å². The summed E-state index contributed by atoms with van der Waals surface area (Å²) in [5.41, 5.74) is 0.415. The molecule has 0 spiro atoms. The van der Waals surface area contributed by atoms with E-state index in [-0.39, 0.29) is 0 Å². The van der Waals surface area contributed by atoms with Crippen LogP contribution in [0.3, 0.4) is 0 Å². The van der Waals surface area contributed by atoms with Crippen LogP contribution in [0, 0.1) is 5.92 Å². The van der Waals surface area contributed by atoms with E-state index < -0.39 is 0 Å². The molecule has 1 fully saturated rings. The van der Waals surface area contributed by atoms with E-state index in [1.165, 1.54) is 25.8 Å². The highest BCUT2D eigenvalue weighted by Crippen LogP contribution is 2.42. The van der Waals surface area contributed by atoms with Gasteiger partial charge in [0.2, 0.25) is 0 Å². The predicted molar refractivity (Wildman–Crippen MR) is 72.2 cm³/mol. The second kappa shape index (κ2) is 4.89. The van der Waals surface area contributed by atoms with Crippen molar-refractivity contribution in [2.45, 2.75) is 51.5 Å². The first-order valence-electron chi connectivity index (χ1n) is 6.46. The van der Waals surface area contributed by atoms with E-state index in [9.17, 15) is 0 Å². The van der Waals surface area contributed by atoms with Crippen molar-refractivity contribution in [1.29, 1.82) is 0 Å². The Morgan fingerprint density at radius 3 is 2.94 bits per heavy atom. The summed E-state index contributed by atoms with van der Waals surface area (Å²) in [5.74, 6) is 0.779. The Bertz CT molecular complexity index is 317. The van der Waals surface area contributed by atoms with Gasteiger partial charge in [-0.3, -0.25) is 0 Å².